The predicted octanol–water partition coefficient (Wildman–Crippen LogP) is 1.85. The molecule has 3 fully saturated rings. The van der Waals surface area contributed by atoms with Crippen molar-refractivity contribution in [2.45, 2.75) is 58.5 Å². The zero-order valence-electron chi connectivity index (χ0n) is 15.5. The number of hydrogen-bond donors (Lipinski definition) is 2. The van der Waals surface area contributed by atoms with E-state index in [1.807, 2.05) is 6.92 Å². The summed E-state index contributed by atoms with van der Waals surface area (Å²) in [4.78, 5) is 37.5. The van der Waals surface area contributed by atoms with Crippen molar-refractivity contribution in [3.05, 3.63) is 11.6 Å². The Morgan fingerprint density at radius 2 is 2.00 bits per heavy atom. The lowest BCUT2D eigenvalue weighted by Gasteiger charge is -2.58. The largest absolute Gasteiger partial charge is 0.392 e. The van der Waals surface area contributed by atoms with Crippen LogP contribution in [0.15, 0.2) is 11.6 Å². The summed E-state index contributed by atoms with van der Waals surface area (Å²) in [6.45, 7) is 3.60. The van der Waals surface area contributed by atoms with Crippen LogP contribution in [0.25, 0.3) is 0 Å². The van der Waals surface area contributed by atoms with Gasteiger partial charge in [0, 0.05) is 24.7 Å². The summed E-state index contributed by atoms with van der Waals surface area (Å²) in [6, 6.07) is 0. The standard InChI is InChI=1S/C21H28O5/c1-20-6-5-12(23)7-11(20)8-15(24)18-14-4-3-13(17(26)10-22)21(14,2)9-16(25)19(18)20/h7,13-15,18-19,22,24H,3-6,8-10H2,1-2H3/t13-,14+,15-,18-,19+,20+,21-/m1/s1. The molecule has 0 bridgehead atoms. The lowest BCUT2D eigenvalue weighted by atomic mass is 9.45. The summed E-state index contributed by atoms with van der Waals surface area (Å²) in [6.07, 6.45) is 4.41. The molecular formula is C21H28O5. The third-order valence-electron chi connectivity index (χ3n) is 8.22. The number of fused-ring (bicyclic) bond motifs is 5. The van der Waals surface area contributed by atoms with Crippen molar-refractivity contribution >= 4 is 17.3 Å². The van der Waals surface area contributed by atoms with Gasteiger partial charge in [-0.3, -0.25) is 14.4 Å². The van der Waals surface area contributed by atoms with Crippen molar-refractivity contribution in [1.82, 2.24) is 0 Å². The molecule has 0 aromatic heterocycles. The molecule has 0 amide bonds. The summed E-state index contributed by atoms with van der Waals surface area (Å²) < 4.78 is 0. The molecule has 3 saturated carbocycles. The highest BCUT2D eigenvalue weighted by atomic mass is 16.3. The Balaban J connectivity index is 1.76. The van der Waals surface area contributed by atoms with Crippen LogP contribution in [0.3, 0.4) is 0 Å². The first kappa shape index (κ1) is 18.1. The van der Waals surface area contributed by atoms with Gasteiger partial charge in [0.05, 0.1) is 6.10 Å². The first-order valence-electron chi connectivity index (χ1n) is 9.80. The number of carbonyl (C=O) groups is 3. The van der Waals surface area contributed by atoms with Crippen LogP contribution in [0.1, 0.15) is 52.4 Å². The molecule has 0 spiro atoms. The molecule has 0 unspecified atom stereocenters. The van der Waals surface area contributed by atoms with Gasteiger partial charge in [-0.1, -0.05) is 19.4 Å². The number of carbonyl (C=O) groups excluding carboxylic acids is 3. The average molecular weight is 360 g/mol. The highest BCUT2D eigenvalue weighted by molar-refractivity contribution is 5.93. The summed E-state index contributed by atoms with van der Waals surface area (Å²) in [5.41, 5.74) is 0.108. The Hall–Kier alpha value is -1.33. The molecule has 7 atom stereocenters. The second-order valence-electron chi connectivity index (χ2n) is 9.39. The SMILES string of the molecule is C[C@]12CC(=O)[C@H]3[C@@H]([C@H](O)CC4=CC(=O)CC[C@@]43C)[C@@H]1CC[C@@H]2C(=O)CO. The zero-order valence-corrected chi connectivity index (χ0v) is 15.5. The van der Waals surface area contributed by atoms with Crippen LogP contribution < -0.4 is 0 Å². The highest BCUT2D eigenvalue weighted by Gasteiger charge is 2.65. The van der Waals surface area contributed by atoms with E-state index in [9.17, 15) is 24.6 Å². The predicted molar refractivity (Wildman–Crippen MR) is 94.1 cm³/mol. The van der Waals surface area contributed by atoms with E-state index in [-0.39, 0.29) is 46.4 Å². The van der Waals surface area contributed by atoms with E-state index in [1.165, 1.54) is 0 Å². The number of Topliss-reactive ketones (excluding diaryl/α,β-unsaturated/α-hetero) is 2. The van der Waals surface area contributed by atoms with Crippen molar-refractivity contribution in [2.24, 2.45) is 34.5 Å². The minimum absolute atomic E-state index is 0.0886. The summed E-state index contributed by atoms with van der Waals surface area (Å²) in [5, 5.41) is 20.3. The monoisotopic (exact) mass is 360 g/mol. The van der Waals surface area contributed by atoms with Crippen molar-refractivity contribution in [2.75, 3.05) is 6.61 Å². The topological polar surface area (TPSA) is 91.7 Å². The van der Waals surface area contributed by atoms with Crippen LogP contribution >= 0.6 is 0 Å². The fraction of sp³-hybridized carbons (Fsp3) is 0.762. The molecule has 5 heteroatoms. The van der Waals surface area contributed by atoms with Gasteiger partial charge in [0.2, 0.25) is 0 Å². The van der Waals surface area contributed by atoms with E-state index in [4.69, 9.17) is 0 Å². The molecule has 0 aliphatic heterocycles. The maximum Gasteiger partial charge on any atom is 0.161 e. The van der Waals surface area contributed by atoms with Gasteiger partial charge in [-0.05, 0) is 54.4 Å². The maximum atomic E-state index is 13.3. The average Bonchev–Trinajstić information content (AvgIpc) is 2.92. The third-order valence-corrected chi connectivity index (χ3v) is 8.22. The Kier molecular flexibility index (Phi) is 4.05. The van der Waals surface area contributed by atoms with E-state index in [0.717, 1.165) is 12.0 Å². The van der Waals surface area contributed by atoms with Crippen LogP contribution in [0.4, 0.5) is 0 Å². The lowest BCUT2D eigenvalue weighted by molar-refractivity contribution is -0.158. The van der Waals surface area contributed by atoms with Crippen LogP contribution in [0, 0.1) is 34.5 Å². The Morgan fingerprint density at radius 1 is 1.27 bits per heavy atom. The van der Waals surface area contributed by atoms with Gasteiger partial charge in [-0.25, -0.2) is 0 Å². The Labute approximate surface area is 153 Å². The van der Waals surface area contributed by atoms with Crippen LogP contribution in [0.2, 0.25) is 0 Å². The molecule has 4 rings (SSSR count). The fourth-order valence-corrected chi connectivity index (χ4v) is 6.98. The summed E-state index contributed by atoms with van der Waals surface area (Å²) in [5.74, 6) is -0.594. The molecule has 0 aromatic rings. The van der Waals surface area contributed by atoms with Gasteiger partial charge in [0.1, 0.15) is 12.4 Å². The molecule has 0 saturated heterocycles. The molecular weight excluding hydrogens is 332 g/mol. The van der Waals surface area contributed by atoms with Gasteiger partial charge in [0.25, 0.3) is 0 Å². The second kappa shape index (κ2) is 5.83. The van der Waals surface area contributed by atoms with Crippen LogP contribution in [-0.4, -0.2) is 40.3 Å². The van der Waals surface area contributed by atoms with Gasteiger partial charge in [-0.15, -0.1) is 0 Å². The third kappa shape index (κ3) is 2.26. The molecule has 4 aliphatic carbocycles. The van der Waals surface area contributed by atoms with E-state index in [1.54, 1.807) is 6.08 Å². The fourth-order valence-electron chi connectivity index (χ4n) is 6.98. The maximum absolute atomic E-state index is 13.3. The highest BCUT2D eigenvalue weighted by Crippen LogP contribution is 2.65. The van der Waals surface area contributed by atoms with Gasteiger partial charge < -0.3 is 10.2 Å². The zero-order chi connectivity index (χ0) is 18.9. The van der Waals surface area contributed by atoms with Gasteiger partial charge >= 0.3 is 0 Å². The van der Waals surface area contributed by atoms with Gasteiger partial charge in [-0.2, -0.15) is 0 Å². The molecule has 5 nitrogen and oxygen atoms in total. The molecule has 0 aromatic carbocycles. The number of aliphatic hydroxyl groups is 2. The van der Waals surface area contributed by atoms with Crippen LogP contribution in [0.5, 0.6) is 0 Å². The first-order valence-corrected chi connectivity index (χ1v) is 9.80. The van der Waals surface area contributed by atoms with Gasteiger partial charge in [0.15, 0.2) is 11.6 Å². The molecule has 2 N–H and O–H groups in total. The van der Waals surface area contributed by atoms with E-state index < -0.39 is 18.1 Å². The smallest absolute Gasteiger partial charge is 0.161 e. The second-order valence-corrected chi connectivity index (χ2v) is 9.39. The molecule has 0 radical (unpaired) electrons. The Bertz CT molecular complexity index is 709. The molecule has 4 aliphatic rings. The first-order chi connectivity index (χ1) is 12.2. The van der Waals surface area contributed by atoms with Crippen molar-refractivity contribution in [1.29, 1.82) is 0 Å². The number of hydrogen-bond acceptors (Lipinski definition) is 5. The minimum atomic E-state index is -0.651. The minimum Gasteiger partial charge on any atom is -0.392 e. The van der Waals surface area contributed by atoms with Crippen molar-refractivity contribution < 1.29 is 24.6 Å². The van der Waals surface area contributed by atoms with Crippen molar-refractivity contribution in [3.63, 3.8) is 0 Å². The lowest BCUT2D eigenvalue weighted by Crippen LogP contribution is -2.59. The van der Waals surface area contributed by atoms with E-state index in [2.05, 4.69) is 6.92 Å². The quantitative estimate of drug-likeness (QED) is 0.784. The normalized spacial score (nSPS) is 47.7. The number of aliphatic hydroxyl groups excluding tert-OH is 2. The van der Waals surface area contributed by atoms with E-state index in [0.29, 0.717) is 32.1 Å². The molecule has 142 valence electrons. The summed E-state index contributed by atoms with van der Waals surface area (Å²) in [7, 11) is 0. The number of ketones is 3. The van der Waals surface area contributed by atoms with Crippen LogP contribution in [-0.2, 0) is 14.4 Å². The molecule has 26 heavy (non-hydrogen) atoms. The molecule has 0 heterocycles. The van der Waals surface area contributed by atoms with Crippen molar-refractivity contribution in [3.8, 4) is 0 Å². The summed E-state index contributed by atoms with van der Waals surface area (Å²) >= 11 is 0. The van der Waals surface area contributed by atoms with E-state index >= 15 is 0 Å². The Morgan fingerprint density at radius 3 is 2.69 bits per heavy atom. The number of rotatable bonds is 2.